The lowest BCUT2D eigenvalue weighted by atomic mass is 9.86. The Morgan fingerprint density at radius 2 is 2.07 bits per heavy atom. The van der Waals surface area contributed by atoms with Crippen LogP contribution in [0.2, 0.25) is 0 Å². The number of rotatable bonds is 2. The Balaban J connectivity index is 2.08. The second-order valence-electron chi connectivity index (χ2n) is 4.53. The van der Waals surface area contributed by atoms with Crippen molar-refractivity contribution in [1.29, 1.82) is 0 Å². The molecule has 1 aromatic rings. The highest BCUT2D eigenvalue weighted by atomic mass is 14.9. The van der Waals surface area contributed by atoms with Crippen LogP contribution in [0.15, 0.2) is 24.3 Å². The van der Waals surface area contributed by atoms with Crippen molar-refractivity contribution in [3.05, 3.63) is 35.4 Å². The standard InChI is InChI=1S/C13H20N2/c1-10-3-2-4-12(9-10)13(14)11-5-7-15-8-6-11/h2-4,9,11,13,15H,5-8,14H2,1H3. The molecule has 0 aliphatic carbocycles. The van der Waals surface area contributed by atoms with Gasteiger partial charge in [-0.1, -0.05) is 29.8 Å². The van der Waals surface area contributed by atoms with Gasteiger partial charge in [0.15, 0.2) is 0 Å². The van der Waals surface area contributed by atoms with Gasteiger partial charge in [-0.25, -0.2) is 0 Å². The lowest BCUT2D eigenvalue weighted by Crippen LogP contribution is -2.33. The summed E-state index contributed by atoms with van der Waals surface area (Å²) in [5, 5.41) is 3.38. The third kappa shape index (κ3) is 2.58. The van der Waals surface area contributed by atoms with Crippen molar-refractivity contribution in [3.8, 4) is 0 Å². The van der Waals surface area contributed by atoms with E-state index in [2.05, 4.69) is 36.5 Å². The van der Waals surface area contributed by atoms with E-state index in [1.807, 2.05) is 0 Å². The van der Waals surface area contributed by atoms with E-state index >= 15 is 0 Å². The second-order valence-corrected chi connectivity index (χ2v) is 4.53. The molecule has 1 aromatic carbocycles. The summed E-state index contributed by atoms with van der Waals surface area (Å²) in [7, 11) is 0. The van der Waals surface area contributed by atoms with Crippen molar-refractivity contribution in [2.45, 2.75) is 25.8 Å². The van der Waals surface area contributed by atoms with Crippen LogP contribution in [-0.4, -0.2) is 13.1 Å². The molecule has 1 saturated heterocycles. The Labute approximate surface area is 91.9 Å². The average molecular weight is 204 g/mol. The Kier molecular flexibility index (Phi) is 3.39. The summed E-state index contributed by atoms with van der Waals surface area (Å²) in [5.74, 6) is 0.646. The Hall–Kier alpha value is -0.860. The van der Waals surface area contributed by atoms with Crippen LogP contribution in [0.25, 0.3) is 0 Å². The molecule has 0 bridgehead atoms. The number of hydrogen-bond acceptors (Lipinski definition) is 2. The summed E-state index contributed by atoms with van der Waals surface area (Å²) in [6.07, 6.45) is 2.41. The van der Waals surface area contributed by atoms with Gasteiger partial charge in [0, 0.05) is 6.04 Å². The first-order valence-corrected chi connectivity index (χ1v) is 5.80. The lowest BCUT2D eigenvalue weighted by molar-refractivity contribution is 0.322. The fourth-order valence-corrected chi connectivity index (χ4v) is 2.35. The van der Waals surface area contributed by atoms with Crippen molar-refractivity contribution < 1.29 is 0 Å². The predicted octanol–water partition coefficient (Wildman–Crippen LogP) is 1.99. The summed E-state index contributed by atoms with van der Waals surface area (Å²) in [5.41, 5.74) is 8.91. The Morgan fingerprint density at radius 3 is 2.73 bits per heavy atom. The van der Waals surface area contributed by atoms with Crippen LogP contribution in [-0.2, 0) is 0 Å². The highest BCUT2D eigenvalue weighted by molar-refractivity contribution is 5.25. The molecule has 1 aliphatic rings. The molecule has 0 aromatic heterocycles. The summed E-state index contributed by atoms with van der Waals surface area (Å²) in [4.78, 5) is 0. The highest BCUT2D eigenvalue weighted by Gasteiger charge is 2.21. The van der Waals surface area contributed by atoms with Crippen LogP contribution in [0.3, 0.4) is 0 Å². The normalized spacial score (nSPS) is 20.1. The molecule has 15 heavy (non-hydrogen) atoms. The lowest BCUT2D eigenvalue weighted by Gasteiger charge is -2.28. The van der Waals surface area contributed by atoms with E-state index in [-0.39, 0.29) is 6.04 Å². The first kappa shape index (κ1) is 10.7. The third-order valence-corrected chi connectivity index (χ3v) is 3.32. The van der Waals surface area contributed by atoms with Crippen LogP contribution in [0.5, 0.6) is 0 Å². The topological polar surface area (TPSA) is 38.0 Å². The summed E-state index contributed by atoms with van der Waals surface area (Å²) < 4.78 is 0. The molecule has 0 saturated carbocycles. The minimum Gasteiger partial charge on any atom is -0.324 e. The minimum atomic E-state index is 0.215. The van der Waals surface area contributed by atoms with Gasteiger partial charge in [-0.15, -0.1) is 0 Å². The van der Waals surface area contributed by atoms with E-state index in [1.165, 1.54) is 24.0 Å². The molecule has 82 valence electrons. The number of benzene rings is 1. The van der Waals surface area contributed by atoms with Gasteiger partial charge < -0.3 is 11.1 Å². The summed E-state index contributed by atoms with van der Waals surface area (Å²) in [6.45, 7) is 4.35. The van der Waals surface area contributed by atoms with E-state index in [0.29, 0.717) is 5.92 Å². The van der Waals surface area contributed by atoms with Crippen molar-refractivity contribution >= 4 is 0 Å². The Bertz CT molecular complexity index is 316. The van der Waals surface area contributed by atoms with Gasteiger partial charge in [0.05, 0.1) is 0 Å². The molecule has 1 aliphatic heterocycles. The monoisotopic (exact) mass is 204 g/mol. The molecular weight excluding hydrogens is 184 g/mol. The van der Waals surface area contributed by atoms with Crippen LogP contribution >= 0.6 is 0 Å². The maximum Gasteiger partial charge on any atom is 0.0324 e. The predicted molar refractivity (Wildman–Crippen MR) is 63.7 cm³/mol. The molecular formula is C13H20N2. The molecule has 2 heteroatoms. The van der Waals surface area contributed by atoms with E-state index in [4.69, 9.17) is 5.73 Å². The Morgan fingerprint density at radius 1 is 1.33 bits per heavy atom. The van der Waals surface area contributed by atoms with Gasteiger partial charge in [-0.3, -0.25) is 0 Å². The summed E-state index contributed by atoms with van der Waals surface area (Å²) in [6, 6.07) is 8.81. The van der Waals surface area contributed by atoms with Gasteiger partial charge in [-0.2, -0.15) is 0 Å². The van der Waals surface area contributed by atoms with Crippen molar-refractivity contribution in [1.82, 2.24) is 5.32 Å². The first-order chi connectivity index (χ1) is 7.27. The van der Waals surface area contributed by atoms with Gasteiger partial charge >= 0.3 is 0 Å². The number of nitrogens with one attached hydrogen (secondary N) is 1. The van der Waals surface area contributed by atoms with Crippen LogP contribution in [0, 0.1) is 12.8 Å². The molecule has 1 unspecified atom stereocenters. The number of piperidine rings is 1. The van der Waals surface area contributed by atoms with E-state index in [0.717, 1.165) is 13.1 Å². The quantitative estimate of drug-likeness (QED) is 0.773. The molecule has 0 spiro atoms. The molecule has 0 radical (unpaired) electrons. The highest BCUT2D eigenvalue weighted by Crippen LogP contribution is 2.26. The molecule has 1 heterocycles. The van der Waals surface area contributed by atoms with Crippen molar-refractivity contribution in [2.24, 2.45) is 11.7 Å². The van der Waals surface area contributed by atoms with E-state index < -0.39 is 0 Å². The minimum absolute atomic E-state index is 0.215. The van der Waals surface area contributed by atoms with Crippen LogP contribution < -0.4 is 11.1 Å². The molecule has 0 amide bonds. The average Bonchev–Trinajstić information content (AvgIpc) is 2.29. The third-order valence-electron chi connectivity index (χ3n) is 3.32. The molecule has 1 atom stereocenters. The molecule has 2 nitrogen and oxygen atoms in total. The number of aryl methyl sites for hydroxylation is 1. The molecule has 2 rings (SSSR count). The van der Waals surface area contributed by atoms with Crippen LogP contribution in [0.1, 0.15) is 30.0 Å². The van der Waals surface area contributed by atoms with Crippen molar-refractivity contribution in [2.75, 3.05) is 13.1 Å². The SMILES string of the molecule is Cc1cccc(C(N)C2CCNCC2)c1. The smallest absolute Gasteiger partial charge is 0.0324 e. The zero-order valence-electron chi connectivity index (χ0n) is 9.37. The molecule has 1 fully saturated rings. The second kappa shape index (κ2) is 4.77. The largest absolute Gasteiger partial charge is 0.324 e. The van der Waals surface area contributed by atoms with Gasteiger partial charge in [0.25, 0.3) is 0 Å². The zero-order valence-corrected chi connectivity index (χ0v) is 9.37. The fourth-order valence-electron chi connectivity index (χ4n) is 2.35. The molecule has 3 N–H and O–H groups in total. The van der Waals surface area contributed by atoms with E-state index in [9.17, 15) is 0 Å². The van der Waals surface area contributed by atoms with Crippen molar-refractivity contribution in [3.63, 3.8) is 0 Å². The van der Waals surface area contributed by atoms with Gasteiger partial charge in [0.2, 0.25) is 0 Å². The first-order valence-electron chi connectivity index (χ1n) is 5.80. The number of hydrogen-bond donors (Lipinski definition) is 2. The maximum atomic E-state index is 6.31. The van der Waals surface area contributed by atoms with Gasteiger partial charge in [0.1, 0.15) is 0 Å². The fraction of sp³-hybridized carbons (Fsp3) is 0.538. The van der Waals surface area contributed by atoms with E-state index in [1.54, 1.807) is 0 Å². The summed E-state index contributed by atoms with van der Waals surface area (Å²) >= 11 is 0. The zero-order chi connectivity index (χ0) is 10.7. The van der Waals surface area contributed by atoms with Gasteiger partial charge in [-0.05, 0) is 44.3 Å². The van der Waals surface area contributed by atoms with Crippen LogP contribution in [0.4, 0.5) is 0 Å². The number of nitrogens with two attached hydrogens (primary N) is 1. The maximum absolute atomic E-state index is 6.31.